The number of methoxy groups -OCH3 is 1. The van der Waals surface area contributed by atoms with E-state index in [1.807, 2.05) is 0 Å². The minimum atomic E-state index is -0.701. The summed E-state index contributed by atoms with van der Waals surface area (Å²) in [6, 6.07) is 4.08. The van der Waals surface area contributed by atoms with Gasteiger partial charge in [-0.05, 0) is 37.1 Å². The molecule has 0 saturated carbocycles. The molecule has 0 amide bonds. The van der Waals surface area contributed by atoms with E-state index in [0.717, 1.165) is 0 Å². The minimum Gasteiger partial charge on any atom is -0.507 e. The van der Waals surface area contributed by atoms with Gasteiger partial charge in [-0.2, -0.15) is 0 Å². The molecule has 130 valence electrons. The van der Waals surface area contributed by atoms with E-state index in [0.29, 0.717) is 5.56 Å². The molecule has 0 radical (unpaired) electrons. The molecule has 0 unspecified atom stereocenters. The summed E-state index contributed by atoms with van der Waals surface area (Å²) in [4.78, 5) is 25.6. The number of benzene rings is 2. The van der Waals surface area contributed by atoms with Gasteiger partial charge in [-0.3, -0.25) is 9.59 Å². The third-order valence-corrected chi connectivity index (χ3v) is 4.44. The van der Waals surface area contributed by atoms with Gasteiger partial charge in [0, 0.05) is 11.1 Å². The van der Waals surface area contributed by atoms with Crippen LogP contribution in [-0.2, 0) is 6.42 Å². The second kappa shape index (κ2) is 6.06. The van der Waals surface area contributed by atoms with Gasteiger partial charge in [-0.15, -0.1) is 0 Å². The first kappa shape index (κ1) is 17.3. The summed E-state index contributed by atoms with van der Waals surface area (Å²) in [5, 5.41) is 29.8. The monoisotopic (exact) mass is 362 g/mol. The quantitative estimate of drug-likeness (QED) is 0.661. The van der Waals surface area contributed by atoms with Crippen LogP contribution in [0.15, 0.2) is 18.2 Å². The van der Waals surface area contributed by atoms with Crippen LogP contribution < -0.4 is 4.74 Å². The van der Waals surface area contributed by atoms with E-state index < -0.39 is 23.4 Å². The molecule has 6 nitrogen and oxygen atoms in total. The number of fused-ring (bicyclic) bond motifs is 2. The summed E-state index contributed by atoms with van der Waals surface area (Å²) in [5.41, 5.74) is 0.0213. The van der Waals surface area contributed by atoms with Crippen LogP contribution >= 0.6 is 11.6 Å². The van der Waals surface area contributed by atoms with Crippen molar-refractivity contribution in [1.82, 2.24) is 0 Å². The number of aromatic hydroxyl groups is 2. The van der Waals surface area contributed by atoms with Gasteiger partial charge in [-0.25, -0.2) is 0 Å². The molecular weight excluding hydrogens is 348 g/mol. The molecule has 0 aromatic heterocycles. The number of halogens is 1. The van der Waals surface area contributed by atoms with Gasteiger partial charge < -0.3 is 20.1 Å². The Labute approximate surface area is 148 Å². The van der Waals surface area contributed by atoms with E-state index in [1.54, 1.807) is 6.92 Å². The molecule has 1 atom stereocenters. The van der Waals surface area contributed by atoms with Crippen LogP contribution in [0, 0.1) is 0 Å². The van der Waals surface area contributed by atoms with Crippen LogP contribution in [-0.4, -0.2) is 40.1 Å². The van der Waals surface area contributed by atoms with Crippen LogP contribution in [0.1, 0.15) is 44.3 Å². The van der Waals surface area contributed by atoms with Crippen LogP contribution in [0.2, 0.25) is 5.02 Å². The van der Waals surface area contributed by atoms with Crippen LogP contribution in [0.5, 0.6) is 17.2 Å². The molecule has 2 aromatic rings. The zero-order chi connectivity index (χ0) is 18.5. The number of ketones is 2. The number of carbonyl (C=O) groups excluding carboxylic acids is 2. The summed E-state index contributed by atoms with van der Waals surface area (Å²) in [7, 11) is 1.32. The molecule has 25 heavy (non-hydrogen) atoms. The van der Waals surface area contributed by atoms with Gasteiger partial charge in [-0.1, -0.05) is 11.6 Å². The summed E-state index contributed by atoms with van der Waals surface area (Å²) < 4.78 is 5.03. The van der Waals surface area contributed by atoms with Crippen molar-refractivity contribution in [2.45, 2.75) is 19.4 Å². The Morgan fingerprint density at radius 1 is 1.08 bits per heavy atom. The van der Waals surface area contributed by atoms with Gasteiger partial charge in [0.15, 0.2) is 5.78 Å². The lowest BCUT2D eigenvalue weighted by Gasteiger charge is -2.22. The molecule has 3 rings (SSSR count). The van der Waals surface area contributed by atoms with Crippen LogP contribution in [0.3, 0.4) is 0 Å². The van der Waals surface area contributed by atoms with Gasteiger partial charge >= 0.3 is 0 Å². The van der Waals surface area contributed by atoms with E-state index in [9.17, 15) is 24.9 Å². The Hall–Kier alpha value is -2.57. The van der Waals surface area contributed by atoms with Crippen LogP contribution in [0.25, 0.3) is 0 Å². The molecule has 7 heteroatoms. The molecule has 0 heterocycles. The number of hydrogen-bond donors (Lipinski definition) is 3. The van der Waals surface area contributed by atoms with Gasteiger partial charge in [0.05, 0.1) is 24.3 Å². The fraction of sp³-hybridized carbons (Fsp3) is 0.222. The molecular formula is C18H15ClO6. The topological polar surface area (TPSA) is 104 Å². The predicted molar refractivity (Wildman–Crippen MR) is 90.0 cm³/mol. The van der Waals surface area contributed by atoms with Crippen molar-refractivity contribution in [1.29, 1.82) is 0 Å². The van der Waals surface area contributed by atoms with E-state index >= 15 is 0 Å². The summed E-state index contributed by atoms with van der Waals surface area (Å²) in [6.45, 7) is 1.57. The van der Waals surface area contributed by atoms with E-state index in [4.69, 9.17) is 16.3 Å². The Balaban J connectivity index is 2.27. The zero-order valence-electron chi connectivity index (χ0n) is 13.5. The largest absolute Gasteiger partial charge is 0.507 e. The maximum Gasteiger partial charge on any atom is 0.202 e. The van der Waals surface area contributed by atoms with Crippen molar-refractivity contribution in [2.75, 3.05) is 7.11 Å². The molecule has 0 bridgehead atoms. The van der Waals surface area contributed by atoms with Crippen molar-refractivity contribution in [3.8, 4) is 17.2 Å². The molecule has 0 spiro atoms. The highest BCUT2D eigenvalue weighted by atomic mass is 35.5. The van der Waals surface area contributed by atoms with Crippen molar-refractivity contribution >= 4 is 23.2 Å². The Morgan fingerprint density at radius 3 is 2.32 bits per heavy atom. The molecule has 3 N–H and O–H groups in total. The number of rotatable bonds is 3. The number of phenols is 2. The molecule has 1 aliphatic rings. The normalized spacial score (nSPS) is 14.1. The van der Waals surface area contributed by atoms with E-state index in [1.165, 1.54) is 25.3 Å². The number of hydrogen-bond acceptors (Lipinski definition) is 6. The fourth-order valence-electron chi connectivity index (χ4n) is 3.01. The minimum absolute atomic E-state index is 0.0110. The highest BCUT2D eigenvalue weighted by molar-refractivity contribution is 6.37. The van der Waals surface area contributed by atoms with E-state index in [2.05, 4.69) is 0 Å². The fourth-order valence-corrected chi connectivity index (χ4v) is 3.24. The summed E-state index contributed by atoms with van der Waals surface area (Å²) in [6.07, 6.45) is -0.466. The smallest absolute Gasteiger partial charge is 0.202 e. The number of aliphatic hydroxyl groups is 1. The Morgan fingerprint density at radius 2 is 1.72 bits per heavy atom. The number of ether oxygens (including phenoxy) is 1. The molecule has 2 aromatic carbocycles. The van der Waals surface area contributed by atoms with Crippen molar-refractivity contribution < 1.29 is 29.6 Å². The summed E-state index contributed by atoms with van der Waals surface area (Å²) >= 11 is 5.96. The van der Waals surface area contributed by atoms with Gasteiger partial charge in [0.2, 0.25) is 5.78 Å². The number of phenolic OH excluding ortho intramolecular Hbond substituents is 2. The van der Waals surface area contributed by atoms with Crippen molar-refractivity contribution in [3.63, 3.8) is 0 Å². The third-order valence-electron chi connectivity index (χ3n) is 4.08. The lowest BCUT2D eigenvalue weighted by atomic mass is 9.81. The third kappa shape index (κ3) is 2.63. The molecule has 0 saturated heterocycles. The average Bonchev–Trinajstić information content (AvgIpc) is 2.53. The second-order valence-corrected chi connectivity index (χ2v) is 6.29. The predicted octanol–water partition coefficient (Wildman–Crippen LogP) is 2.46. The van der Waals surface area contributed by atoms with Gasteiger partial charge in [0.25, 0.3) is 0 Å². The maximum atomic E-state index is 12.8. The number of carbonyl (C=O) groups is 2. The maximum absolute atomic E-state index is 12.8. The highest BCUT2D eigenvalue weighted by Crippen LogP contribution is 2.44. The van der Waals surface area contributed by atoms with Crippen molar-refractivity contribution in [3.05, 3.63) is 51.0 Å². The first-order valence-electron chi connectivity index (χ1n) is 7.49. The van der Waals surface area contributed by atoms with Crippen molar-refractivity contribution in [2.24, 2.45) is 0 Å². The standard InChI is InChI=1S/C18H15ClO6/c1-7(20)3-8-4-9-13(11(21)5-8)17(23)14-10(16(9)22)6-12(25-2)15(19)18(14)24/h4-7,20-21,24H,3H2,1-2H3/t7-/m0/s1. The second-order valence-electron chi connectivity index (χ2n) is 5.91. The van der Waals surface area contributed by atoms with E-state index in [-0.39, 0.29) is 45.2 Å². The highest BCUT2D eigenvalue weighted by Gasteiger charge is 2.36. The molecule has 0 aliphatic heterocycles. The molecule has 0 fully saturated rings. The van der Waals surface area contributed by atoms with Crippen LogP contribution in [0.4, 0.5) is 0 Å². The lowest BCUT2D eigenvalue weighted by Crippen LogP contribution is -2.22. The Bertz CT molecular complexity index is 917. The summed E-state index contributed by atoms with van der Waals surface area (Å²) in [5.74, 6) is -2.13. The molecule has 1 aliphatic carbocycles. The zero-order valence-corrected chi connectivity index (χ0v) is 14.2. The SMILES string of the molecule is COc1cc2c(c(O)c1Cl)C(=O)c1c(O)cc(C[C@H](C)O)cc1C2=O. The number of aliphatic hydroxyl groups excluding tert-OH is 1. The first-order chi connectivity index (χ1) is 11.8. The first-order valence-corrected chi connectivity index (χ1v) is 7.86. The lowest BCUT2D eigenvalue weighted by molar-refractivity contribution is 0.0973. The average molecular weight is 363 g/mol. The Kier molecular flexibility index (Phi) is 4.18. The van der Waals surface area contributed by atoms with Gasteiger partial charge in [0.1, 0.15) is 22.3 Å².